The zero-order valence-corrected chi connectivity index (χ0v) is 22.7. The molecule has 0 saturated carbocycles. The summed E-state index contributed by atoms with van der Waals surface area (Å²) in [5.74, 6) is 0.311. The van der Waals surface area contributed by atoms with E-state index >= 15 is 0 Å². The Bertz CT molecular complexity index is 1160. The number of nitrogens with zero attached hydrogens (tertiary/aromatic N) is 1. The average molecular weight is 549 g/mol. The number of likely N-dealkylation sites (tertiary alicyclic amines) is 1. The maximum atomic E-state index is 13.6. The van der Waals surface area contributed by atoms with Gasteiger partial charge < -0.3 is 19.1 Å². The fourth-order valence-electron chi connectivity index (χ4n) is 4.52. The number of methoxy groups -OCH3 is 2. The third kappa shape index (κ3) is 6.90. The molecular formula is C27H36N2O8S. The smallest absolute Gasteiger partial charge is 0.265 e. The highest BCUT2D eigenvalue weighted by Crippen LogP contribution is 2.36. The molecule has 38 heavy (non-hydrogen) atoms. The average Bonchev–Trinajstić information content (AvgIpc) is 2.95. The molecule has 2 aromatic carbocycles. The fourth-order valence-corrected chi connectivity index (χ4v) is 6.47. The van der Waals surface area contributed by atoms with Crippen molar-refractivity contribution >= 4 is 21.5 Å². The highest BCUT2D eigenvalue weighted by Gasteiger charge is 2.52. The molecule has 1 saturated heterocycles. The number of hydrogen-bond donors (Lipinski definition) is 2. The molecule has 0 unspecified atom stereocenters. The van der Waals surface area contributed by atoms with E-state index in [-0.39, 0.29) is 23.5 Å². The lowest BCUT2D eigenvalue weighted by Gasteiger charge is -2.39. The largest absolute Gasteiger partial charge is 0.497 e. The number of benzene rings is 2. The van der Waals surface area contributed by atoms with Crippen molar-refractivity contribution < 1.29 is 37.4 Å². The Morgan fingerprint density at radius 1 is 0.947 bits per heavy atom. The predicted octanol–water partition coefficient (Wildman–Crippen LogP) is 2.89. The van der Waals surface area contributed by atoms with Crippen LogP contribution in [0, 0.1) is 0 Å². The quantitative estimate of drug-likeness (QED) is 0.158. The number of ether oxygens (including phenoxy) is 3. The van der Waals surface area contributed by atoms with Gasteiger partial charge in [0.15, 0.2) is 20.4 Å². The fraction of sp³-hybridized carbons (Fsp3) is 0.481. The summed E-state index contributed by atoms with van der Waals surface area (Å²) in [7, 11) is -0.929. The number of Topliss-reactive ketones (excluding diaryl/α,β-unsaturated/α-hetero) is 1. The standard InChI is InChI=1S/C27H36N2O8S/c1-35-20-18-29-16-14-27(15-17-29,26(31)28-32)38(33,34)24-12-10-23(11-13-24)37-19-4-3-5-25(30)21-6-8-22(36-2)9-7-21/h6-13,32H,3-5,14-20H2,1-2H3,(H,28,31). The van der Waals surface area contributed by atoms with E-state index < -0.39 is 20.5 Å². The molecule has 0 aromatic heterocycles. The Morgan fingerprint density at radius 3 is 2.16 bits per heavy atom. The molecule has 2 aromatic rings. The number of unbranched alkanes of at least 4 members (excludes halogenated alkanes) is 1. The molecular weight excluding hydrogens is 512 g/mol. The summed E-state index contributed by atoms with van der Waals surface area (Å²) in [6.07, 6.45) is 1.81. The van der Waals surface area contributed by atoms with Crippen LogP contribution < -0.4 is 15.0 Å². The number of carbonyl (C=O) groups is 2. The van der Waals surface area contributed by atoms with Crippen LogP contribution in [0.5, 0.6) is 11.5 Å². The number of nitrogens with one attached hydrogen (secondary N) is 1. The van der Waals surface area contributed by atoms with Crippen LogP contribution in [0.2, 0.25) is 0 Å². The van der Waals surface area contributed by atoms with Gasteiger partial charge in [0, 0.05) is 38.7 Å². The lowest BCUT2D eigenvalue weighted by Crippen LogP contribution is -2.57. The van der Waals surface area contributed by atoms with E-state index in [1.807, 2.05) is 4.90 Å². The second-order valence-electron chi connectivity index (χ2n) is 9.20. The van der Waals surface area contributed by atoms with Crippen molar-refractivity contribution in [3.8, 4) is 11.5 Å². The van der Waals surface area contributed by atoms with E-state index in [9.17, 15) is 23.2 Å². The number of hydroxylamine groups is 1. The van der Waals surface area contributed by atoms with Crippen LogP contribution >= 0.6 is 0 Å². The summed E-state index contributed by atoms with van der Waals surface area (Å²) in [6.45, 7) is 2.29. The molecule has 1 fully saturated rings. The van der Waals surface area contributed by atoms with Crippen molar-refractivity contribution in [1.29, 1.82) is 0 Å². The van der Waals surface area contributed by atoms with Crippen molar-refractivity contribution in [2.45, 2.75) is 41.7 Å². The molecule has 0 bridgehead atoms. The van der Waals surface area contributed by atoms with Crippen LogP contribution in [0.3, 0.4) is 0 Å². The Labute approximate surface area is 223 Å². The maximum absolute atomic E-state index is 13.6. The third-order valence-electron chi connectivity index (χ3n) is 6.92. The maximum Gasteiger partial charge on any atom is 0.265 e. The SMILES string of the molecule is COCCN1CCC(C(=O)NO)(S(=O)(=O)c2ccc(OCCCCC(=O)c3ccc(OC)cc3)cc2)CC1. The molecule has 1 aliphatic rings. The van der Waals surface area contributed by atoms with E-state index in [0.717, 1.165) is 0 Å². The minimum atomic E-state index is -4.10. The monoisotopic (exact) mass is 548 g/mol. The molecule has 208 valence electrons. The normalized spacial score (nSPS) is 15.6. The first-order valence-corrected chi connectivity index (χ1v) is 14.1. The molecule has 2 N–H and O–H groups in total. The summed E-state index contributed by atoms with van der Waals surface area (Å²) in [4.78, 5) is 27.0. The second kappa shape index (κ2) is 13.7. The van der Waals surface area contributed by atoms with Crippen LogP contribution in [0.4, 0.5) is 0 Å². The van der Waals surface area contributed by atoms with E-state index in [1.54, 1.807) is 56.1 Å². The van der Waals surface area contributed by atoms with Gasteiger partial charge >= 0.3 is 0 Å². The van der Waals surface area contributed by atoms with Gasteiger partial charge in [0.05, 0.1) is 25.2 Å². The molecule has 1 aliphatic heterocycles. The summed E-state index contributed by atoms with van der Waals surface area (Å²) in [5.41, 5.74) is 2.20. The summed E-state index contributed by atoms with van der Waals surface area (Å²) >= 11 is 0. The Hall–Kier alpha value is -2.99. The van der Waals surface area contributed by atoms with Gasteiger partial charge in [-0.3, -0.25) is 14.8 Å². The first-order valence-electron chi connectivity index (χ1n) is 12.6. The lowest BCUT2D eigenvalue weighted by atomic mass is 9.95. The van der Waals surface area contributed by atoms with Crippen molar-refractivity contribution in [3.63, 3.8) is 0 Å². The summed E-state index contributed by atoms with van der Waals surface area (Å²) < 4.78 is 41.3. The van der Waals surface area contributed by atoms with Crippen molar-refractivity contribution in [3.05, 3.63) is 54.1 Å². The van der Waals surface area contributed by atoms with Gasteiger partial charge in [0.2, 0.25) is 0 Å². The molecule has 0 spiro atoms. The molecule has 0 radical (unpaired) electrons. The lowest BCUT2D eigenvalue weighted by molar-refractivity contribution is -0.133. The zero-order chi connectivity index (χ0) is 27.6. The van der Waals surface area contributed by atoms with Gasteiger partial charge in [-0.15, -0.1) is 0 Å². The predicted molar refractivity (Wildman–Crippen MR) is 141 cm³/mol. The van der Waals surface area contributed by atoms with Crippen molar-refractivity contribution in [1.82, 2.24) is 10.4 Å². The van der Waals surface area contributed by atoms with Crippen LogP contribution in [-0.2, 0) is 19.4 Å². The molecule has 3 rings (SSSR count). The highest BCUT2D eigenvalue weighted by molar-refractivity contribution is 7.93. The minimum absolute atomic E-state index is 0.0103. The van der Waals surface area contributed by atoms with Crippen molar-refractivity contribution in [2.75, 3.05) is 47.1 Å². The van der Waals surface area contributed by atoms with E-state index in [1.165, 1.54) is 12.1 Å². The number of amides is 1. The van der Waals surface area contributed by atoms with Crippen molar-refractivity contribution in [2.24, 2.45) is 0 Å². The Morgan fingerprint density at radius 2 is 1.58 bits per heavy atom. The molecule has 11 heteroatoms. The molecule has 10 nitrogen and oxygen atoms in total. The topological polar surface area (TPSA) is 131 Å². The van der Waals surface area contributed by atoms with Gasteiger partial charge in [0.1, 0.15) is 11.5 Å². The first kappa shape index (κ1) is 29.6. The number of carbonyl (C=O) groups excluding carboxylic acids is 2. The van der Waals surface area contributed by atoms with E-state index in [0.29, 0.717) is 69.2 Å². The molecule has 1 amide bonds. The van der Waals surface area contributed by atoms with E-state index in [2.05, 4.69) is 0 Å². The number of piperidine rings is 1. The third-order valence-corrected chi connectivity index (χ3v) is 9.43. The number of rotatable bonds is 14. The molecule has 0 atom stereocenters. The molecule has 0 aliphatic carbocycles. The van der Waals surface area contributed by atoms with Crippen LogP contribution in [0.15, 0.2) is 53.4 Å². The Kier molecular flexibility index (Phi) is 10.7. The first-order chi connectivity index (χ1) is 18.3. The van der Waals surface area contributed by atoms with Gasteiger partial charge in [-0.25, -0.2) is 13.9 Å². The highest BCUT2D eigenvalue weighted by atomic mass is 32.2. The van der Waals surface area contributed by atoms with Gasteiger partial charge in [-0.2, -0.15) is 0 Å². The van der Waals surface area contributed by atoms with Gasteiger partial charge in [-0.05, 0) is 74.2 Å². The second-order valence-corrected chi connectivity index (χ2v) is 11.5. The summed E-state index contributed by atoms with van der Waals surface area (Å²) in [6, 6.07) is 12.9. The number of sulfone groups is 1. The van der Waals surface area contributed by atoms with Gasteiger partial charge in [-0.1, -0.05) is 0 Å². The summed E-state index contributed by atoms with van der Waals surface area (Å²) in [5, 5.41) is 9.33. The number of ketones is 1. The molecule has 1 heterocycles. The number of hydrogen-bond acceptors (Lipinski definition) is 9. The van der Waals surface area contributed by atoms with Crippen LogP contribution in [0.25, 0.3) is 0 Å². The van der Waals surface area contributed by atoms with Crippen LogP contribution in [0.1, 0.15) is 42.5 Å². The Balaban J connectivity index is 1.54. The zero-order valence-electron chi connectivity index (χ0n) is 21.9. The minimum Gasteiger partial charge on any atom is -0.497 e. The van der Waals surface area contributed by atoms with Crippen LogP contribution in [-0.4, -0.2) is 82.0 Å². The van der Waals surface area contributed by atoms with E-state index in [4.69, 9.17) is 14.2 Å². The van der Waals surface area contributed by atoms with Gasteiger partial charge in [0.25, 0.3) is 5.91 Å².